The predicted molar refractivity (Wildman–Crippen MR) is 146 cm³/mol. The molecular weight excluding hydrogens is 482 g/mol. The van der Waals surface area contributed by atoms with Crippen molar-refractivity contribution in [2.75, 3.05) is 47.8 Å². The zero-order valence-electron chi connectivity index (χ0n) is 20.8. The number of benzene rings is 2. The van der Waals surface area contributed by atoms with Crippen LogP contribution in [0.5, 0.6) is 0 Å². The van der Waals surface area contributed by atoms with E-state index < -0.39 is 0 Å². The summed E-state index contributed by atoms with van der Waals surface area (Å²) in [5.74, 6) is -0.278. The van der Waals surface area contributed by atoms with Gasteiger partial charge in [0.2, 0.25) is 5.91 Å². The van der Waals surface area contributed by atoms with E-state index in [1.54, 1.807) is 11.3 Å². The van der Waals surface area contributed by atoms with Gasteiger partial charge < -0.3 is 20.9 Å². The number of amides is 2. The number of thiazole rings is 1. The lowest BCUT2D eigenvalue weighted by atomic mass is 10.1. The molecule has 0 spiro atoms. The van der Waals surface area contributed by atoms with Crippen LogP contribution in [0.3, 0.4) is 0 Å². The zero-order chi connectivity index (χ0) is 25.8. The number of carbonyl (C=O) groups is 2. The maximum absolute atomic E-state index is 12.2. The molecular formula is C26H34ClN5O2S. The van der Waals surface area contributed by atoms with E-state index in [4.69, 9.17) is 22.3 Å². The average molecular weight is 516 g/mol. The van der Waals surface area contributed by atoms with Gasteiger partial charge in [-0.15, -0.1) is 11.3 Å². The molecule has 2 aromatic carbocycles. The maximum Gasteiger partial charge on any atom is 0.251 e. The van der Waals surface area contributed by atoms with Gasteiger partial charge in [-0.25, -0.2) is 4.98 Å². The van der Waals surface area contributed by atoms with Gasteiger partial charge in [0.25, 0.3) is 5.91 Å². The van der Waals surface area contributed by atoms with Crippen LogP contribution < -0.4 is 11.1 Å². The second-order valence-corrected chi connectivity index (χ2v) is 9.85. The number of halogens is 1. The summed E-state index contributed by atoms with van der Waals surface area (Å²) < 4.78 is 0. The fourth-order valence-corrected chi connectivity index (χ4v) is 3.92. The predicted octanol–water partition coefficient (Wildman–Crippen LogP) is 4.24. The minimum Gasteiger partial charge on any atom is -0.370 e. The lowest BCUT2D eigenvalue weighted by Gasteiger charge is -2.10. The lowest BCUT2D eigenvalue weighted by molar-refractivity contribution is -0.118. The van der Waals surface area contributed by atoms with E-state index in [9.17, 15) is 9.59 Å². The number of nitrogens with one attached hydrogen (secondary N) is 1. The molecule has 0 aliphatic carbocycles. The highest BCUT2D eigenvalue weighted by Gasteiger charge is 2.09. The third-order valence-corrected chi connectivity index (χ3v) is 6.05. The Bertz CT molecular complexity index is 1070. The minimum atomic E-state index is -0.237. The van der Waals surface area contributed by atoms with Crippen molar-refractivity contribution in [1.82, 2.24) is 20.1 Å². The SMILES string of the molecule is CN(C)CCC(N)=O.CN(C)CCCNC(=O)c1ccc(-c2nc(-c3ccc(Cl)cc3)cs2)cc1. The first-order valence-corrected chi connectivity index (χ1v) is 12.6. The second-order valence-electron chi connectivity index (χ2n) is 8.55. The normalized spacial score (nSPS) is 10.7. The van der Waals surface area contributed by atoms with Crippen LogP contribution in [0.4, 0.5) is 0 Å². The fraction of sp³-hybridized carbons (Fsp3) is 0.346. The van der Waals surface area contributed by atoms with E-state index >= 15 is 0 Å². The van der Waals surface area contributed by atoms with Crippen LogP contribution in [0.1, 0.15) is 23.2 Å². The Kier molecular flexibility index (Phi) is 11.9. The zero-order valence-corrected chi connectivity index (χ0v) is 22.3. The molecule has 3 aromatic rings. The third-order valence-electron chi connectivity index (χ3n) is 4.91. The van der Waals surface area contributed by atoms with Crippen molar-refractivity contribution in [3.05, 3.63) is 64.5 Å². The highest BCUT2D eigenvalue weighted by atomic mass is 35.5. The number of hydrogen-bond donors (Lipinski definition) is 2. The summed E-state index contributed by atoms with van der Waals surface area (Å²) in [6, 6.07) is 15.2. The molecule has 7 nitrogen and oxygen atoms in total. The number of primary amides is 1. The first kappa shape index (κ1) is 28.5. The molecule has 0 unspecified atom stereocenters. The monoisotopic (exact) mass is 515 g/mol. The molecule has 1 heterocycles. The first-order chi connectivity index (χ1) is 16.7. The van der Waals surface area contributed by atoms with E-state index in [0.29, 0.717) is 23.6 Å². The van der Waals surface area contributed by atoms with Crippen molar-refractivity contribution in [3.8, 4) is 21.8 Å². The van der Waals surface area contributed by atoms with E-state index in [1.807, 2.05) is 87.0 Å². The summed E-state index contributed by atoms with van der Waals surface area (Å²) in [7, 11) is 7.86. The van der Waals surface area contributed by atoms with Gasteiger partial charge in [-0.2, -0.15) is 0 Å². The van der Waals surface area contributed by atoms with Gasteiger partial charge in [0, 0.05) is 46.6 Å². The Morgan fingerprint density at radius 3 is 2.09 bits per heavy atom. The summed E-state index contributed by atoms with van der Waals surface area (Å²) in [4.78, 5) is 31.0. The van der Waals surface area contributed by atoms with Crippen LogP contribution in [0.2, 0.25) is 5.02 Å². The highest BCUT2D eigenvalue weighted by Crippen LogP contribution is 2.29. The van der Waals surface area contributed by atoms with Gasteiger partial charge in [-0.05, 0) is 65.4 Å². The van der Waals surface area contributed by atoms with Crippen LogP contribution in [0.25, 0.3) is 21.8 Å². The van der Waals surface area contributed by atoms with Crippen molar-refractivity contribution in [2.24, 2.45) is 5.73 Å². The van der Waals surface area contributed by atoms with Crippen LogP contribution in [0.15, 0.2) is 53.9 Å². The Morgan fingerprint density at radius 1 is 0.943 bits per heavy atom. The Hall–Kier alpha value is -2.78. The average Bonchev–Trinajstić information content (AvgIpc) is 3.31. The molecule has 0 aliphatic rings. The molecule has 0 aliphatic heterocycles. The van der Waals surface area contributed by atoms with Gasteiger partial charge in [0.05, 0.1) is 5.69 Å². The van der Waals surface area contributed by atoms with Crippen LogP contribution in [-0.4, -0.2) is 74.4 Å². The van der Waals surface area contributed by atoms with Crippen LogP contribution >= 0.6 is 22.9 Å². The standard InChI is InChI=1S/C21H22ClN3OS.C5H12N2O/c1-25(2)13-3-12-23-20(26)16-4-6-17(7-5-16)21-24-19(14-27-21)15-8-10-18(22)11-9-15;1-7(2)4-3-5(6)8/h4-11,14H,3,12-13H2,1-2H3,(H,23,26);3-4H2,1-2H3,(H2,6,8). The first-order valence-electron chi connectivity index (χ1n) is 11.3. The quantitative estimate of drug-likeness (QED) is 0.394. The van der Waals surface area contributed by atoms with E-state index in [1.165, 1.54) is 0 Å². The Labute approximate surface area is 216 Å². The van der Waals surface area contributed by atoms with Crippen molar-refractivity contribution in [3.63, 3.8) is 0 Å². The van der Waals surface area contributed by atoms with Gasteiger partial charge in [-0.1, -0.05) is 35.9 Å². The van der Waals surface area contributed by atoms with Crippen molar-refractivity contribution < 1.29 is 9.59 Å². The van der Waals surface area contributed by atoms with Gasteiger partial charge >= 0.3 is 0 Å². The molecule has 2 amide bonds. The molecule has 0 atom stereocenters. The van der Waals surface area contributed by atoms with Gasteiger partial charge in [-0.3, -0.25) is 9.59 Å². The summed E-state index contributed by atoms with van der Waals surface area (Å²) >= 11 is 7.53. The molecule has 3 N–H and O–H groups in total. The lowest BCUT2D eigenvalue weighted by Crippen LogP contribution is -2.27. The van der Waals surface area contributed by atoms with Crippen LogP contribution in [0, 0.1) is 0 Å². The third kappa shape index (κ3) is 10.6. The maximum atomic E-state index is 12.2. The van der Waals surface area contributed by atoms with E-state index in [-0.39, 0.29) is 11.8 Å². The molecule has 35 heavy (non-hydrogen) atoms. The molecule has 188 valence electrons. The summed E-state index contributed by atoms with van der Waals surface area (Å²) in [5.41, 5.74) is 8.51. The summed E-state index contributed by atoms with van der Waals surface area (Å²) in [6.07, 6.45) is 1.39. The van der Waals surface area contributed by atoms with Crippen molar-refractivity contribution in [1.29, 1.82) is 0 Å². The summed E-state index contributed by atoms with van der Waals surface area (Å²) in [5, 5.41) is 6.63. The molecule has 1 aromatic heterocycles. The topological polar surface area (TPSA) is 91.6 Å². The second kappa shape index (κ2) is 14.6. The number of nitrogens with two attached hydrogens (primary N) is 1. The Morgan fingerprint density at radius 2 is 1.54 bits per heavy atom. The van der Waals surface area contributed by atoms with Crippen LogP contribution in [-0.2, 0) is 4.79 Å². The number of hydrogen-bond acceptors (Lipinski definition) is 6. The number of carbonyl (C=O) groups excluding carboxylic acids is 2. The number of rotatable bonds is 10. The molecule has 0 saturated heterocycles. The molecule has 3 rings (SSSR count). The molecule has 0 radical (unpaired) electrons. The molecule has 9 heteroatoms. The Balaban J connectivity index is 0.000000466. The number of aromatic nitrogens is 1. The molecule has 0 fully saturated rings. The number of nitrogens with zero attached hydrogens (tertiary/aromatic N) is 3. The van der Waals surface area contributed by atoms with E-state index in [0.717, 1.165) is 41.3 Å². The van der Waals surface area contributed by atoms with Gasteiger partial charge in [0.1, 0.15) is 5.01 Å². The van der Waals surface area contributed by atoms with Gasteiger partial charge in [0.15, 0.2) is 0 Å². The van der Waals surface area contributed by atoms with E-state index in [2.05, 4.69) is 10.2 Å². The fourth-order valence-electron chi connectivity index (χ4n) is 2.96. The highest BCUT2D eigenvalue weighted by molar-refractivity contribution is 7.13. The smallest absolute Gasteiger partial charge is 0.251 e. The molecule has 0 bridgehead atoms. The minimum absolute atomic E-state index is 0.0405. The molecule has 0 saturated carbocycles. The summed E-state index contributed by atoms with van der Waals surface area (Å²) in [6.45, 7) is 2.38. The largest absolute Gasteiger partial charge is 0.370 e. The van der Waals surface area contributed by atoms with Crippen molar-refractivity contribution in [2.45, 2.75) is 12.8 Å². The van der Waals surface area contributed by atoms with Crippen molar-refractivity contribution >= 4 is 34.8 Å².